The van der Waals surface area contributed by atoms with Crippen molar-refractivity contribution in [1.82, 2.24) is 0 Å². The number of anilines is 2. The maximum atomic E-state index is 12.8. The molecule has 1 saturated heterocycles. The van der Waals surface area contributed by atoms with Gasteiger partial charge >= 0.3 is 0 Å². The van der Waals surface area contributed by atoms with Crippen molar-refractivity contribution in [2.75, 3.05) is 14.8 Å². The number of hydrogen-bond acceptors (Lipinski definition) is 5. The van der Waals surface area contributed by atoms with Crippen molar-refractivity contribution in [3.05, 3.63) is 52.0 Å². The highest BCUT2D eigenvalue weighted by molar-refractivity contribution is 7.94. The van der Waals surface area contributed by atoms with Crippen LogP contribution in [0.3, 0.4) is 0 Å². The number of nitrogens with one attached hydrogen (secondary N) is 1. The van der Waals surface area contributed by atoms with Crippen molar-refractivity contribution in [2.24, 2.45) is 0 Å². The summed E-state index contributed by atoms with van der Waals surface area (Å²) in [7, 11) is -7.92. The predicted octanol–water partition coefficient (Wildman–Crippen LogP) is 3.17. The Morgan fingerprint density at radius 1 is 1.15 bits per heavy atom. The number of amides is 1. The summed E-state index contributed by atoms with van der Waals surface area (Å²) in [5.74, 6) is -0.911. The lowest BCUT2D eigenvalue weighted by Crippen LogP contribution is -2.29. The third-order valence-corrected chi connectivity index (χ3v) is 7.99. The molecule has 1 heterocycles. The number of carbonyl (C=O) groups is 1. The lowest BCUT2D eigenvalue weighted by atomic mass is 10.2. The van der Waals surface area contributed by atoms with Gasteiger partial charge in [0.15, 0.2) is 0 Å². The molecule has 144 valence electrons. The van der Waals surface area contributed by atoms with E-state index in [2.05, 4.69) is 4.72 Å². The van der Waals surface area contributed by atoms with Gasteiger partial charge in [0.2, 0.25) is 15.9 Å². The summed E-state index contributed by atoms with van der Waals surface area (Å²) in [6.45, 7) is 1.55. The largest absolute Gasteiger partial charge is 0.278 e. The fourth-order valence-electron chi connectivity index (χ4n) is 2.66. The summed E-state index contributed by atoms with van der Waals surface area (Å²) in [4.78, 5) is 11.8. The topological polar surface area (TPSA) is 101 Å². The molecule has 3 rings (SSSR count). The number of benzene rings is 2. The number of rotatable bonds is 4. The monoisotopic (exact) mass is 448 g/mol. The molecule has 0 radical (unpaired) electrons. The highest BCUT2D eigenvalue weighted by atomic mass is 35.5. The standard InChI is InChI=1S/C16H14Cl2N2O5S2/c1-10-5-6-11(20-15(21)7-8-26(20,22)23)9-14(10)27(24,25)19-13-4-2-3-12(17)16(13)18/h2-6,9,19H,7-8H2,1H3. The number of nitrogens with zero attached hydrogens (tertiary/aromatic N) is 1. The van der Waals surface area contributed by atoms with E-state index < -0.39 is 26.0 Å². The fourth-order valence-corrected chi connectivity index (χ4v) is 5.85. The number of carbonyl (C=O) groups excluding carboxylic acids is 1. The summed E-state index contributed by atoms with van der Waals surface area (Å²) >= 11 is 11.9. The minimum atomic E-state index is -4.12. The molecule has 1 N–H and O–H groups in total. The van der Waals surface area contributed by atoms with E-state index in [1.807, 2.05) is 0 Å². The summed E-state index contributed by atoms with van der Waals surface area (Å²) < 4.78 is 52.8. The number of hydrogen-bond donors (Lipinski definition) is 1. The van der Waals surface area contributed by atoms with Gasteiger partial charge in [-0.1, -0.05) is 35.3 Å². The zero-order valence-corrected chi connectivity index (χ0v) is 17.1. The van der Waals surface area contributed by atoms with E-state index >= 15 is 0 Å². The van der Waals surface area contributed by atoms with Crippen LogP contribution in [0.25, 0.3) is 0 Å². The smallest absolute Gasteiger partial charge is 0.262 e. The summed E-state index contributed by atoms with van der Waals surface area (Å²) in [6, 6.07) is 8.46. The first-order chi connectivity index (χ1) is 12.5. The zero-order chi connectivity index (χ0) is 20.0. The van der Waals surface area contributed by atoms with E-state index in [-0.39, 0.29) is 38.5 Å². The first-order valence-electron chi connectivity index (χ1n) is 7.66. The third kappa shape index (κ3) is 3.77. The molecular formula is C16H14Cl2N2O5S2. The van der Waals surface area contributed by atoms with E-state index in [1.54, 1.807) is 6.92 Å². The van der Waals surface area contributed by atoms with Gasteiger partial charge in [-0.2, -0.15) is 0 Å². The molecule has 0 aliphatic carbocycles. The van der Waals surface area contributed by atoms with Crippen LogP contribution in [0.15, 0.2) is 41.3 Å². The summed E-state index contributed by atoms with van der Waals surface area (Å²) in [5.41, 5.74) is 0.424. The molecule has 7 nitrogen and oxygen atoms in total. The Morgan fingerprint density at radius 3 is 2.48 bits per heavy atom. The Hall–Kier alpha value is -1.81. The minimum Gasteiger partial charge on any atom is -0.278 e. The number of sulfonamides is 2. The van der Waals surface area contributed by atoms with Gasteiger partial charge in [0.1, 0.15) is 0 Å². The maximum absolute atomic E-state index is 12.8. The van der Waals surface area contributed by atoms with Gasteiger partial charge in [-0.3, -0.25) is 9.52 Å². The van der Waals surface area contributed by atoms with Gasteiger partial charge in [-0.15, -0.1) is 0 Å². The second kappa shape index (κ2) is 6.97. The highest BCUT2D eigenvalue weighted by Gasteiger charge is 2.37. The molecule has 1 aliphatic heterocycles. The van der Waals surface area contributed by atoms with Gasteiger partial charge in [0, 0.05) is 6.42 Å². The Labute approximate surface area is 167 Å². The maximum Gasteiger partial charge on any atom is 0.262 e. The SMILES string of the molecule is Cc1ccc(N2C(=O)CCS2(=O)=O)cc1S(=O)(=O)Nc1cccc(Cl)c1Cl. The summed E-state index contributed by atoms with van der Waals surface area (Å²) in [5, 5.41) is 0.213. The molecule has 0 saturated carbocycles. The normalized spacial score (nSPS) is 16.6. The third-order valence-electron chi connectivity index (χ3n) is 3.97. The summed E-state index contributed by atoms with van der Waals surface area (Å²) in [6.07, 6.45) is -0.144. The van der Waals surface area contributed by atoms with Crippen LogP contribution < -0.4 is 9.03 Å². The Balaban J connectivity index is 2.06. The lowest BCUT2D eigenvalue weighted by molar-refractivity contribution is -0.116. The molecule has 0 bridgehead atoms. The number of halogens is 2. The van der Waals surface area contributed by atoms with E-state index in [1.165, 1.54) is 30.3 Å². The van der Waals surface area contributed by atoms with Crippen molar-refractivity contribution in [3.8, 4) is 0 Å². The quantitative estimate of drug-likeness (QED) is 0.773. The molecule has 11 heteroatoms. The van der Waals surface area contributed by atoms with E-state index in [9.17, 15) is 21.6 Å². The highest BCUT2D eigenvalue weighted by Crippen LogP contribution is 2.33. The first kappa shape index (κ1) is 19.9. The van der Waals surface area contributed by atoms with Gasteiger partial charge in [-0.05, 0) is 36.8 Å². The van der Waals surface area contributed by atoms with E-state index in [4.69, 9.17) is 23.2 Å². The lowest BCUT2D eigenvalue weighted by Gasteiger charge is -2.18. The van der Waals surface area contributed by atoms with Crippen molar-refractivity contribution in [2.45, 2.75) is 18.2 Å². The molecule has 2 aromatic carbocycles. The van der Waals surface area contributed by atoms with Gasteiger partial charge in [0.25, 0.3) is 10.0 Å². The fraction of sp³-hybridized carbons (Fsp3) is 0.188. The number of aryl methyl sites for hydroxylation is 1. The van der Waals surface area contributed by atoms with Crippen LogP contribution in [0.5, 0.6) is 0 Å². The van der Waals surface area contributed by atoms with E-state index in [0.717, 1.165) is 6.07 Å². The molecule has 1 fully saturated rings. The van der Waals surface area contributed by atoms with Crippen LogP contribution in [0.4, 0.5) is 11.4 Å². The molecule has 0 atom stereocenters. The molecular weight excluding hydrogens is 435 g/mol. The van der Waals surface area contributed by atoms with Crippen LogP contribution >= 0.6 is 23.2 Å². The zero-order valence-electron chi connectivity index (χ0n) is 13.9. The minimum absolute atomic E-state index is 0.0272. The molecule has 27 heavy (non-hydrogen) atoms. The van der Waals surface area contributed by atoms with Crippen molar-refractivity contribution >= 4 is 60.5 Å². The van der Waals surface area contributed by atoms with Crippen LogP contribution in [-0.2, 0) is 24.8 Å². The first-order valence-corrected chi connectivity index (χ1v) is 11.5. The van der Waals surface area contributed by atoms with Crippen LogP contribution in [0, 0.1) is 6.92 Å². The van der Waals surface area contributed by atoms with Crippen molar-refractivity contribution in [1.29, 1.82) is 0 Å². The van der Waals surface area contributed by atoms with E-state index in [0.29, 0.717) is 9.87 Å². The molecule has 1 aliphatic rings. The van der Waals surface area contributed by atoms with Crippen molar-refractivity contribution in [3.63, 3.8) is 0 Å². The second-order valence-electron chi connectivity index (χ2n) is 5.88. The Kier molecular flexibility index (Phi) is 5.15. The van der Waals surface area contributed by atoms with Crippen LogP contribution in [0.1, 0.15) is 12.0 Å². The average Bonchev–Trinajstić information content (AvgIpc) is 2.85. The molecule has 0 unspecified atom stereocenters. The Morgan fingerprint density at radius 2 is 1.85 bits per heavy atom. The second-order valence-corrected chi connectivity index (χ2v) is 10.3. The molecule has 1 amide bonds. The van der Waals surface area contributed by atoms with Gasteiger partial charge in [0.05, 0.1) is 32.1 Å². The van der Waals surface area contributed by atoms with Gasteiger partial charge in [-0.25, -0.2) is 21.1 Å². The van der Waals surface area contributed by atoms with Crippen LogP contribution in [0.2, 0.25) is 10.0 Å². The molecule has 0 aromatic heterocycles. The molecule has 2 aromatic rings. The molecule has 0 spiro atoms. The Bertz CT molecular complexity index is 1150. The van der Waals surface area contributed by atoms with Gasteiger partial charge < -0.3 is 0 Å². The van der Waals surface area contributed by atoms with Crippen molar-refractivity contribution < 1.29 is 21.6 Å². The predicted molar refractivity (Wildman–Crippen MR) is 104 cm³/mol. The average molecular weight is 449 g/mol. The van der Waals surface area contributed by atoms with Crippen LogP contribution in [-0.4, -0.2) is 28.5 Å².